The Balaban J connectivity index is 3.07. The van der Waals surface area contributed by atoms with E-state index in [1.54, 1.807) is 0 Å². The molecule has 1 N–H and O–H groups in total. The molecule has 0 spiro atoms. The van der Waals surface area contributed by atoms with Crippen LogP contribution >= 0.6 is 0 Å². The molecule has 21 heavy (non-hydrogen) atoms. The van der Waals surface area contributed by atoms with Crippen molar-refractivity contribution in [1.29, 1.82) is 0 Å². The van der Waals surface area contributed by atoms with Crippen molar-refractivity contribution in [1.82, 2.24) is 9.97 Å². The second-order valence-electron chi connectivity index (χ2n) is 5.27. The van der Waals surface area contributed by atoms with E-state index in [0.29, 0.717) is 6.54 Å². The summed E-state index contributed by atoms with van der Waals surface area (Å²) in [5.74, 6) is 2.54. The summed E-state index contributed by atoms with van der Waals surface area (Å²) in [6, 6.07) is 0. The van der Waals surface area contributed by atoms with E-state index < -0.39 is 9.84 Å². The molecule has 7 heteroatoms. The summed E-state index contributed by atoms with van der Waals surface area (Å²) in [7, 11) is -1.11. The van der Waals surface area contributed by atoms with Crippen LogP contribution in [0.4, 0.5) is 11.6 Å². The molecule has 0 radical (unpaired) electrons. The fourth-order valence-corrected chi connectivity index (χ4v) is 2.61. The SMILES string of the molecule is CCCc1nc(NCC)c(C)c(N(C)CCS(C)(=O)=O)n1. The molecule has 1 aromatic heterocycles. The number of nitrogens with zero attached hydrogens (tertiary/aromatic N) is 3. The molecule has 0 bridgehead atoms. The molecule has 0 saturated carbocycles. The highest BCUT2D eigenvalue weighted by Gasteiger charge is 2.15. The van der Waals surface area contributed by atoms with Gasteiger partial charge in [-0.05, 0) is 20.3 Å². The summed E-state index contributed by atoms with van der Waals surface area (Å²) in [4.78, 5) is 11.0. The van der Waals surface area contributed by atoms with Crippen molar-refractivity contribution in [2.24, 2.45) is 0 Å². The van der Waals surface area contributed by atoms with E-state index in [2.05, 4.69) is 22.2 Å². The predicted molar refractivity (Wildman–Crippen MR) is 87.9 cm³/mol. The lowest BCUT2D eigenvalue weighted by Gasteiger charge is -2.22. The standard InChI is InChI=1S/C14H26N4O2S/c1-6-8-12-16-13(15-7-2)11(3)14(17-12)18(4)9-10-21(5,19)20/h6-10H2,1-5H3,(H,15,16,17). The smallest absolute Gasteiger partial charge is 0.149 e. The van der Waals surface area contributed by atoms with E-state index in [9.17, 15) is 8.42 Å². The number of aromatic nitrogens is 2. The molecular weight excluding hydrogens is 288 g/mol. The number of rotatable bonds is 8. The maximum absolute atomic E-state index is 11.3. The normalized spacial score (nSPS) is 11.5. The Bertz CT molecular complexity index is 573. The van der Waals surface area contributed by atoms with Crippen LogP contribution in [0.25, 0.3) is 0 Å². The van der Waals surface area contributed by atoms with Crippen LogP contribution in [0.3, 0.4) is 0 Å². The summed E-state index contributed by atoms with van der Waals surface area (Å²) in [5, 5.41) is 3.25. The van der Waals surface area contributed by atoms with E-state index in [1.165, 1.54) is 6.26 Å². The zero-order valence-electron chi connectivity index (χ0n) is 13.6. The van der Waals surface area contributed by atoms with Crippen molar-refractivity contribution in [2.75, 3.05) is 42.4 Å². The Hall–Kier alpha value is -1.37. The zero-order chi connectivity index (χ0) is 16.0. The molecule has 0 aliphatic carbocycles. The van der Waals surface area contributed by atoms with Gasteiger partial charge >= 0.3 is 0 Å². The topological polar surface area (TPSA) is 75.2 Å². The van der Waals surface area contributed by atoms with Crippen LogP contribution in [0, 0.1) is 6.92 Å². The second-order valence-corrected chi connectivity index (χ2v) is 7.53. The fourth-order valence-electron chi connectivity index (χ4n) is 2.01. The molecule has 0 saturated heterocycles. The van der Waals surface area contributed by atoms with Crippen molar-refractivity contribution in [3.8, 4) is 0 Å². The Labute approximate surface area is 127 Å². The Morgan fingerprint density at radius 2 is 1.90 bits per heavy atom. The lowest BCUT2D eigenvalue weighted by atomic mass is 10.2. The van der Waals surface area contributed by atoms with Crippen molar-refractivity contribution in [3.63, 3.8) is 0 Å². The molecular formula is C14H26N4O2S. The Morgan fingerprint density at radius 1 is 1.24 bits per heavy atom. The van der Waals surface area contributed by atoms with Gasteiger partial charge < -0.3 is 10.2 Å². The van der Waals surface area contributed by atoms with E-state index in [0.717, 1.165) is 42.4 Å². The van der Waals surface area contributed by atoms with Crippen LogP contribution in [-0.4, -0.2) is 50.5 Å². The molecule has 0 amide bonds. The number of hydrogen-bond donors (Lipinski definition) is 1. The number of hydrogen-bond acceptors (Lipinski definition) is 6. The van der Waals surface area contributed by atoms with Gasteiger partial charge in [0.2, 0.25) is 0 Å². The first-order chi connectivity index (χ1) is 9.78. The highest BCUT2D eigenvalue weighted by Crippen LogP contribution is 2.23. The summed E-state index contributed by atoms with van der Waals surface area (Å²) >= 11 is 0. The molecule has 0 aliphatic rings. The fraction of sp³-hybridized carbons (Fsp3) is 0.714. The largest absolute Gasteiger partial charge is 0.370 e. The first-order valence-corrected chi connectivity index (χ1v) is 9.34. The number of aryl methyl sites for hydroxylation is 1. The molecule has 1 aromatic rings. The average Bonchev–Trinajstić information content (AvgIpc) is 2.39. The maximum atomic E-state index is 11.3. The van der Waals surface area contributed by atoms with Crippen LogP contribution in [0.15, 0.2) is 0 Å². The van der Waals surface area contributed by atoms with Crippen LogP contribution in [-0.2, 0) is 16.3 Å². The Kier molecular flexibility index (Phi) is 6.39. The van der Waals surface area contributed by atoms with Crippen molar-refractivity contribution < 1.29 is 8.42 Å². The van der Waals surface area contributed by atoms with Gasteiger partial charge in [-0.25, -0.2) is 18.4 Å². The third kappa shape index (κ3) is 5.49. The van der Waals surface area contributed by atoms with E-state index in [1.807, 2.05) is 25.8 Å². The minimum Gasteiger partial charge on any atom is -0.370 e. The zero-order valence-corrected chi connectivity index (χ0v) is 14.4. The summed E-state index contributed by atoms with van der Waals surface area (Å²) in [6.07, 6.45) is 3.03. The molecule has 0 unspecified atom stereocenters. The predicted octanol–water partition coefficient (Wildman–Crippen LogP) is 1.65. The lowest BCUT2D eigenvalue weighted by molar-refractivity contribution is 0.601. The number of nitrogens with one attached hydrogen (secondary N) is 1. The minimum atomic E-state index is -2.98. The molecule has 0 fully saturated rings. The summed E-state index contributed by atoms with van der Waals surface area (Å²) < 4.78 is 22.6. The monoisotopic (exact) mass is 314 g/mol. The summed E-state index contributed by atoms with van der Waals surface area (Å²) in [5.41, 5.74) is 0.952. The van der Waals surface area contributed by atoms with Crippen molar-refractivity contribution >= 4 is 21.5 Å². The van der Waals surface area contributed by atoms with Crippen LogP contribution in [0.2, 0.25) is 0 Å². The van der Waals surface area contributed by atoms with E-state index in [4.69, 9.17) is 0 Å². The highest BCUT2D eigenvalue weighted by atomic mass is 32.2. The molecule has 1 rings (SSSR count). The first kappa shape index (κ1) is 17.7. The first-order valence-electron chi connectivity index (χ1n) is 7.28. The molecule has 0 aromatic carbocycles. The van der Waals surface area contributed by atoms with Gasteiger partial charge in [0.25, 0.3) is 0 Å². The molecule has 0 atom stereocenters. The number of anilines is 2. The second kappa shape index (κ2) is 7.59. The van der Waals surface area contributed by atoms with Gasteiger partial charge in [0.1, 0.15) is 27.3 Å². The van der Waals surface area contributed by atoms with Gasteiger partial charge in [-0.15, -0.1) is 0 Å². The van der Waals surface area contributed by atoms with Crippen LogP contribution in [0.5, 0.6) is 0 Å². The van der Waals surface area contributed by atoms with Crippen molar-refractivity contribution in [2.45, 2.75) is 33.6 Å². The lowest BCUT2D eigenvalue weighted by Crippen LogP contribution is -2.27. The quantitative estimate of drug-likeness (QED) is 0.786. The van der Waals surface area contributed by atoms with Gasteiger partial charge in [-0.1, -0.05) is 6.92 Å². The molecule has 0 aliphatic heterocycles. The third-order valence-corrected chi connectivity index (χ3v) is 4.07. The van der Waals surface area contributed by atoms with Crippen molar-refractivity contribution in [3.05, 3.63) is 11.4 Å². The maximum Gasteiger partial charge on any atom is 0.149 e. The van der Waals surface area contributed by atoms with Gasteiger partial charge in [0, 0.05) is 38.4 Å². The summed E-state index contributed by atoms with van der Waals surface area (Å²) in [6.45, 7) is 7.28. The van der Waals surface area contributed by atoms with Gasteiger partial charge in [0.05, 0.1) is 5.75 Å². The highest BCUT2D eigenvalue weighted by molar-refractivity contribution is 7.90. The average molecular weight is 314 g/mol. The molecule has 120 valence electrons. The van der Waals surface area contributed by atoms with Gasteiger partial charge in [-0.2, -0.15) is 0 Å². The van der Waals surface area contributed by atoms with E-state index >= 15 is 0 Å². The minimum absolute atomic E-state index is 0.118. The molecule has 1 heterocycles. The molecule has 6 nitrogen and oxygen atoms in total. The van der Waals surface area contributed by atoms with Gasteiger partial charge in [-0.3, -0.25) is 0 Å². The third-order valence-electron chi connectivity index (χ3n) is 3.14. The Morgan fingerprint density at radius 3 is 2.43 bits per heavy atom. The number of sulfone groups is 1. The van der Waals surface area contributed by atoms with Gasteiger partial charge in [0.15, 0.2) is 0 Å². The van der Waals surface area contributed by atoms with Crippen LogP contribution < -0.4 is 10.2 Å². The van der Waals surface area contributed by atoms with E-state index in [-0.39, 0.29) is 5.75 Å². The van der Waals surface area contributed by atoms with Crippen LogP contribution in [0.1, 0.15) is 31.7 Å².